The van der Waals surface area contributed by atoms with Gasteiger partial charge in [0.15, 0.2) is 0 Å². The van der Waals surface area contributed by atoms with Crippen LogP contribution in [0.15, 0.2) is 94.7 Å². The number of carbonyl (C=O) groups is 6. The number of esters is 3. The summed E-state index contributed by atoms with van der Waals surface area (Å²) in [5.74, 6) is -7.83. The number of nitriles is 1. The van der Waals surface area contributed by atoms with Gasteiger partial charge in [0.1, 0.15) is 23.6 Å². The first-order valence-corrected chi connectivity index (χ1v) is 14.4. The minimum absolute atomic E-state index is 0.146. The first kappa shape index (κ1) is 34.1. The smallest absolute Gasteiger partial charge is 0.360 e. The zero-order valence-electron chi connectivity index (χ0n) is 25.6. The molecule has 2 unspecified atom stereocenters. The van der Waals surface area contributed by atoms with Crippen molar-refractivity contribution in [3.63, 3.8) is 0 Å². The highest BCUT2D eigenvalue weighted by atomic mass is 19.1. The standard InChI is InChI=1S/C33H22FN5O11/c1-2-46-31(44)33(34)29(50-36-18-23-12-7-15-47-23)38-32(45)39(30(33)43)26(40)20-10-6-11-21(16-20)28(42)49-25-22(17-35)13-14-24(37-25)48-27(41)19-8-4-3-5-9-19/h3-16,18,29H,2H2,1H3,(H,38,45)/b36-18+. The maximum Gasteiger partial charge on any atom is 0.360 e. The largest absolute Gasteiger partial charge is 0.463 e. The third-order valence-corrected chi connectivity index (χ3v) is 6.69. The lowest BCUT2D eigenvalue weighted by atomic mass is 9.99. The van der Waals surface area contributed by atoms with E-state index in [-0.39, 0.29) is 39.8 Å². The number of urea groups is 1. The van der Waals surface area contributed by atoms with E-state index in [1.54, 1.807) is 24.3 Å². The van der Waals surface area contributed by atoms with E-state index in [2.05, 4.69) is 10.1 Å². The Morgan fingerprint density at radius 2 is 1.72 bits per heavy atom. The van der Waals surface area contributed by atoms with Crippen LogP contribution in [-0.2, 0) is 19.2 Å². The molecule has 1 N–H and O–H groups in total. The van der Waals surface area contributed by atoms with Gasteiger partial charge in [0, 0.05) is 11.6 Å². The summed E-state index contributed by atoms with van der Waals surface area (Å²) in [4.78, 5) is 86.6. The Labute approximate surface area is 280 Å². The van der Waals surface area contributed by atoms with Gasteiger partial charge in [0.25, 0.3) is 18.0 Å². The number of amides is 4. The van der Waals surface area contributed by atoms with E-state index < -0.39 is 59.1 Å². The zero-order valence-corrected chi connectivity index (χ0v) is 25.6. The Balaban J connectivity index is 1.36. The van der Waals surface area contributed by atoms with E-state index in [9.17, 15) is 34.0 Å². The van der Waals surface area contributed by atoms with Gasteiger partial charge in [-0.3, -0.25) is 14.9 Å². The number of hydrogen-bond acceptors (Lipinski definition) is 14. The van der Waals surface area contributed by atoms with E-state index >= 15 is 4.39 Å². The summed E-state index contributed by atoms with van der Waals surface area (Å²) >= 11 is 0. The normalized spacial score (nSPS) is 17.0. The van der Waals surface area contributed by atoms with Crippen molar-refractivity contribution in [1.29, 1.82) is 5.26 Å². The van der Waals surface area contributed by atoms with Gasteiger partial charge in [0.05, 0.1) is 24.0 Å². The molecule has 0 saturated carbocycles. The number of ether oxygens (including phenoxy) is 3. The maximum absolute atomic E-state index is 16.3. The SMILES string of the molecule is CCOC(=O)C1(F)C(=O)N(C(=O)c2cccc(C(=O)Oc3nc(OC(=O)c4ccccc4)ccc3C#N)c2)C(=O)NC1O/N=C/c1ccco1. The zero-order chi connectivity index (χ0) is 35.8. The van der Waals surface area contributed by atoms with Gasteiger partial charge in [-0.25, -0.2) is 23.6 Å². The molecule has 252 valence electrons. The van der Waals surface area contributed by atoms with Crippen LogP contribution in [0.3, 0.4) is 0 Å². The molecule has 0 bridgehead atoms. The predicted molar refractivity (Wildman–Crippen MR) is 163 cm³/mol. The van der Waals surface area contributed by atoms with Gasteiger partial charge in [-0.2, -0.15) is 15.1 Å². The maximum atomic E-state index is 16.3. The van der Waals surface area contributed by atoms with Crippen LogP contribution in [0.2, 0.25) is 0 Å². The molecule has 50 heavy (non-hydrogen) atoms. The quantitative estimate of drug-likeness (QED) is 0.0835. The molecule has 1 aliphatic rings. The number of pyridine rings is 1. The molecule has 17 heteroatoms. The lowest BCUT2D eigenvalue weighted by Crippen LogP contribution is -2.72. The molecule has 5 rings (SSSR count). The highest BCUT2D eigenvalue weighted by Gasteiger charge is 2.65. The number of oxime groups is 1. The number of alkyl halides is 1. The second kappa shape index (κ2) is 14.7. The molecule has 2 aromatic heterocycles. The van der Waals surface area contributed by atoms with Crippen LogP contribution in [0.5, 0.6) is 11.8 Å². The molecular weight excluding hydrogens is 661 g/mol. The van der Waals surface area contributed by atoms with Gasteiger partial charge in [0.2, 0.25) is 11.8 Å². The summed E-state index contributed by atoms with van der Waals surface area (Å²) in [7, 11) is 0. The van der Waals surface area contributed by atoms with Crippen molar-refractivity contribution in [2.45, 2.75) is 18.8 Å². The monoisotopic (exact) mass is 683 g/mol. The molecule has 3 heterocycles. The second-order valence-corrected chi connectivity index (χ2v) is 9.90. The first-order valence-electron chi connectivity index (χ1n) is 14.4. The highest BCUT2D eigenvalue weighted by Crippen LogP contribution is 2.29. The van der Waals surface area contributed by atoms with Crippen molar-refractivity contribution >= 4 is 42.0 Å². The number of halogens is 1. The average molecular weight is 684 g/mol. The van der Waals surface area contributed by atoms with E-state index in [1.165, 1.54) is 61.7 Å². The van der Waals surface area contributed by atoms with Gasteiger partial charge in [-0.1, -0.05) is 29.4 Å². The average Bonchev–Trinajstić information content (AvgIpc) is 3.64. The van der Waals surface area contributed by atoms with E-state index in [0.29, 0.717) is 0 Å². The minimum atomic E-state index is -3.79. The molecule has 1 fully saturated rings. The van der Waals surface area contributed by atoms with Crippen LogP contribution in [0, 0.1) is 11.3 Å². The van der Waals surface area contributed by atoms with Crippen LogP contribution in [-0.4, -0.2) is 70.4 Å². The molecule has 4 amide bonds. The summed E-state index contributed by atoms with van der Waals surface area (Å²) in [5, 5.41) is 14.8. The summed E-state index contributed by atoms with van der Waals surface area (Å²) < 4.78 is 36.5. The lowest BCUT2D eigenvalue weighted by Gasteiger charge is -2.37. The van der Waals surface area contributed by atoms with Crippen molar-refractivity contribution in [3.8, 4) is 17.8 Å². The van der Waals surface area contributed by atoms with Crippen molar-refractivity contribution in [2.75, 3.05) is 6.61 Å². The Hall–Kier alpha value is -7.22. The molecule has 0 radical (unpaired) electrons. The van der Waals surface area contributed by atoms with E-state index in [1.807, 2.05) is 5.32 Å². The number of hydrogen-bond donors (Lipinski definition) is 1. The third kappa shape index (κ3) is 7.03. The summed E-state index contributed by atoms with van der Waals surface area (Å²) in [6.07, 6.45) is -0.0940. The summed E-state index contributed by atoms with van der Waals surface area (Å²) in [5.41, 5.74) is -4.64. The van der Waals surface area contributed by atoms with Crippen molar-refractivity contribution < 1.29 is 56.6 Å². The van der Waals surface area contributed by atoms with Crippen molar-refractivity contribution in [2.24, 2.45) is 5.16 Å². The number of imide groups is 3. The Kier molecular flexibility index (Phi) is 10.0. The molecular formula is C33H22FN5O11. The molecule has 16 nitrogen and oxygen atoms in total. The van der Waals surface area contributed by atoms with E-state index in [0.717, 1.165) is 18.3 Å². The van der Waals surface area contributed by atoms with Crippen LogP contribution >= 0.6 is 0 Å². The molecule has 2 atom stereocenters. The number of benzene rings is 2. The number of furan rings is 1. The summed E-state index contributed by atoms with van der Waals surface area (Å²) in [6, 6.07) is 17.9. The minimum Gasteiger partial charge on any atom is -0.463 e. The Morgan fingerprint density at radius 1 is 1.00 bits per heavy atom. The fraction of sp³-hybridized carbons (Fsp3) is 0.121. The number of aromatic nitrogens is 1. The topological polar surface area (TPSA) is 217 Å². The number of nitrogens with one attached hydrogen (secondary N) is 1. The molecule has 0 spiro atoms. The molecule has 1 aliphatic heterocycles. The Morgan fingerprint density at radius 3 is 2.42 bits per heavy atom. The number of carbonyl (C=O) groups excluding carboxylic acids is 6. The van der Waals surface area contributed by atoms with Crippen LogP contribution in [0.1, 0.15) is 49.3 Å². The first-order chi connectivity index (χ1) is 24.1. The van der Waals surface area contributed by atoms with Gasteiger partial charge in [-0.15, -0.1) is 0 Å². The number of nitrogens with zero attached hydrogens (tertiary/aromatic N) is 4. The fourth-order valence-electron chi connectivity index (χ4n) is 4.29. The van der Waals surface area contributed by atoms with Gasteiger partial charge < -0.3 is 23.5 Å². The second-order valence-electron chi connectivity index (χ2n) is 9.90. The van der Waals surface area contributed by atoms with Crippen molar-refractivity contribution in [1.82, 2.24) is 15.2 Å². The van der Waals surface area contributed by atoms with Crippen LogP contribution < -0.4 is 14.8 Å². The number of rotatable bonds is 10. The molecule has 0 aliphatic carbocycles. The summed E-state index contributed by atoms with van der Waals surface area (Å²) in [6.45, 7) is 0.946. The van der Waals surface area contributed by atoms with E-state index in [4.69, 9.17) is 23.5 Å². The Bertz CT molecular complexity index is 2050. The predicted octanol–water partition coefficient (Wildman–Crippen LogP) is 3.32. The fourth-order valence-corrected chi connectivity index (χ4v) is 4.29. The molecule has 2 aromatic carbocycles. The van der Waals surface area contributed by atoms with Crippen molar-refractivity contribution in [3.05, 3.63) is 113 Å². The van der Waals surface area contributed by atoms with Gasteiger partial charge in [-0.05, 0) is 55.5 Å². The van der Waals surface area contributed by atoms with Gasteiger partial charge >= 0.3 is 29.6 Å². The third-order valence-electron chi connectivity index (χ3n) is 6.69. The highest BCUT2D eigenvalue weighted by molar-refractivity contribution is 6.24. The molecule has 4 aromatic rings. The van der Waals surface area contributed by atoms with Crippen LogP contribution in [0.25, 0.3) is 0 Å². The molecule has 1 saturated heterocycles. The van der Waals surface area contributed by atoms with Crippen LogP contribution in [0.4, 0.5) is 9.18 Å². The lowest BCUT2D eigenvalue weighted by molar-refractivity contribution is -0.183.